The number of rotatable bonds is 14. The number of aliphatic hydroxyl groups excluding tert-OH is 1. The first kappa shape index (κ1) is 38.5. The molecule has 1 unspecified atom stereocenters. The minimum Gasteiger partial charge on any atom is -0.475 e. The fraction of sp³-hybridized carbons (Fsp3) is 0.290. The molecule has 3 atom stereocenters. The van der Waals surface area contributed by atoms with Crippen LogP contribution < -0.4 is 33.6 Å². The van der Waals surface area contributed by atoms with E-state index in [1.807, 2.05) is 42.5 Å². The van der Waals surface area contributed by atoms with E-state index in [0.29, 0.717) is 17.5 Å². The Morgan fingerprint density at radius 3 is 1.96 bits per heavy atom. The molecule has 0 radical (unpaired) electrons. The summed E-state index contributed by atoms with van der Waals surface area (Å²) in [6, 6.07) is 18.0. The number of nitrogens with two attached hydrogens (primary N) is 4. The number of aliphatic hydroxyl groups is 1. The average Bonchev–Trinajstić information content (AvgIpc) is 3.03. The number of carboxylic acids is 1. The first-order chi connectivity index (χ1) is 22.5. The number of hydrogen-bond acceptors (Lipinski definition) is 7. The van der Waals surface area contributed by atoms with Gasteiger partial charge < -0.3 is 43.8 Å². The molecule has 3 aromatic rings. The Kier molecular flexibility index (Phi) is 14.3. The van der Waals surface area contributed by atoms with E-state index in [1.54, 1.807) is 24.3 Å². The van der Waals surface area contributed by atoms with Crippen LogP contribution in [0.25, 0.3) is 10.8 Å². The Morgan fingerprint density at radius 2 is 1.44 bits per heavy atom. The van der Waals surface area contributed by atoms with E-state index in [-0.39, 0.29) is 31.2 Å². The maximum atomic E-state index is 13.6. The molecule has 0 saturated heterocycles. The molecule has 0 saturated carbocycles. The second-order valence-corrected chi connectivity index (χ2v) is 10.4. The van der Waals surface area contributed by atoms with Crippen molar-refractivity contribution in [2.24, 2.45) is 27.9 Å². The standard InChI is InChI=1S/C29H36N8O4.C2HF3O2/c30-25(31)19-9-7-17(8-10-19)14-22(21-12-11-18-4-1-2-5-20(18)15-21)27(40)37-24(16-38)28(41)36-23(26(32)39)6-3-13-35-29(33)34;3-2(4,5)1(6)7/h1-2,4-5,7-12,15,22-24,38H,3,6,13-14,16H2,(H3,30,31)(H2,32,39)(H,36,41)(H,37,40)(H4,33,34,35);(H,6,7)/t22?,23-,24-;/m0./s1. The van der Waals surface area contributed by atoms with Gasteiger partial charge in [0.05, 0.1) is 12.5 Å². The summed E-state index contributed by atoms with van der Waals surface area (Å²) in [6.45, 7) is -0.461. The van der Waals surface area contributed by atoms with Gasteiger partial charge in [-0.05, 0) is 41.2 Å². The zero-order valence-electron chi connectivity index (χ0n) is 25.5. The number of nitrogen functional groups attached to an aromatic ring is 1. The maximum Gasteiger partial charge on any atom is 0.490 e. The van der Waals surface area contributed by atoms with E-state index in [9.17, 15) is 32.7 Å². The van der Waals surface area contributed by atoms with E-state index in [4.69, 9.17) is 38.2 Å². The van der Waals surface area contributed by atoms with E-state index in [1.165, 1.54) is 0 Å². The number of nitrogens with zero attached hydrogens (tertiary/aromatic N) is 1. The number of primary amides is 1. The van der Waals surface area contributed by atoms with Crippen LogP contribution in [0.1, 0.15) is 35.4 Å². The van der Waals surface area contributed by atoms with Crippen LogP contribution in [0.3, 0.4) is 0 Å². The highest BCUT2D eigenvalue weighted by Gasteiger charge is 2.38. The van der Waals surface area contributed by atoms with Crippen LogP contribution in [-0.2, 0) is 25.6 Å². The molecule has 3 rings (SSSR count). The van der Waals surface area contributed by atoms with Gasteiger partial charge in [0.25, 0.3) is 0 Å². The van der Waals surface area contributed by atoms with Crippen LogP contribution in [-0.4, -0.2) is 77.1 Å². The monoisotopic (exact) mass is 674 g/mol. The molecule has 0 fully saturated rings. The lowest BCUT2D eigenvalue weighted by atomic mass is 9.89. The van der Waals surface area contributed by atoms with Crippen molar-refractivity contribution in [3.63, 3.8) is 0 Å². The molecule has 0 heterocycles. The van der Waals surface area contributed by atoms with Gasteiger partial charge in [0.1, 0.15) is 17.9 Å². The Hall–Kier alpha value is -5.71. The minimum atomic E-state index is -5.08. The molecule has 13 N–H and O–H groups in total. The molecule has 0 bridgehead atoms. The highest BCUT2D eigenvalue weighted by Crippen LogP contribution is 2.26. The Balaban J connectivity index is 0.00000103. The lowest BCUT2D eigenvalue weighted by Gasteiger charge is -2.24. The molecule has 0 spiro atoms. The maximum absolute atomic E-state index is 13.6. The number of carboxylic acid groups (broad SMARTS) is 1. The van der Waals surface area contributed by atoms with Crippen molar-refractivity contribution in [1.29, 1.82) is 5.41 Å². The number of carbonyl (C=O) groups excluding carboxylic acids is 3. The quantitative estimate of drug-likeness (QED) is 0.0656. The molecule has 3 aromatic carbocycles. The second-order valence-electron chi connectivity index (χ2n) is 10.4. The van der Waals surface area contributed by atoms with Crippen LogP contribution in [0.5, 0.6) is 0 Å². The van der Waals surface area contributed by atoms with Crippen LogP contribution >= 0.6 is 0 Å². The van der Waals surface area contributed by atoms with Gasteiger partial charge in [0.2, 0.25) is 17.7 Å². The van der Waals surface area contributed by atoms with Crippen molar-refractivity contribution in [3.05, 3.63) is 83.4 Å². The van der Waals surface area contributed by atoms with Crippen molar-refractivity contribution in [1.82, 2.24) is 10.6 Å². The third-order valence-electron chi connectivity index (χ3n) is 6.86. The zero-order chi connectivity index (χ0) is 36.0. The molecule has 0 aliphatic rings. The van der Waals surface area contributed by atoms with Crippen molar-refractivity contribution in [3.8, 4) is 0 Å². The van der Waals surface area contributed by atoms with Gasteiger partial charge >= 0.3 is 12.1 Å². The van der Waals surface area contributed by atoms with Gasteiger partial charge in [-0.25, -0.2) is 4.79 Å². The average molecular weight is 675 g/mol. The number of amides is 3. The van der Waals surface area contributed by atoms with E-state index in [0.717, 1.165) is 16.3 Å². The molecule has 48 heavy (non-hydrogen) atoms. The minimum absolute atomic E-state index is 0.0670. The number of benzene rings is 3. The van der Waals surface area contributed by atoms with Crippen LogP contribution in [0, 0.1) is 5.41 Å². The Morgan fingerprint density at radius 1 is 0.854 bits per heavy atom. The lowest BCUT2D eigenvalue weighted by Crippen LogP contribution is -2.55. The van der Waals surface area contributed by atoms with Gasteiger partial charge in [-0.3, -0.25) is 24.8 Å². The fourth-order valence-electron chi connectivity index (χ4n) is 4.37. The predicted octanol–water partition coefficient (Wildman–Crippen LogP) is 0.584. The number of amidine groups is 1. The molecule has 0 aliphatic carbocycles. The number of halogens is 3. The SMILES string of the molecule is N=C(N)c1ccc(CC(C(=O)N[C@@H](CO)C(=O)N[C@@H](CCCN=C(N)N)C(N)=O)c2ccc3ccccc3c2)cc1.O=C(O)C(F)(F)F. The van der Waals surface area contributed by atoms with Crippen molar-refractivity contribution in [2.45, 2.75) is 43.4 Å². The number of nitrogens with one attached hydrogen (secondary N) is 3. The lowest BCUT2D eigenvalue weighted by molar-refractivity contribution is -0.192. The summed E-state index contributed by atoms with van der Waals surface area (Å²) in [5.74, 6) is -5.66. The number of alkyl halides is 3. The predicted molar refractivity (Wildman–Crippen MR) is 172 cm³/mol. The first-order valence-electron chi connectivity index (χ1n) is 14.3. The third kappa shape index (κ3) is 12.2. The molecule has 3 amide bonds. The largest absolute Gasteiger partial charge is 0.490 e. The van der Waals surface area contributed by atoms with Gasteiger partial charge in [-0.2, -0.15) is 13.2 Å². The van der Waals surface area contributed by atoms with Gasteiger partial charge in [0.15, 0.2) is 5.96 Å². The van der Waals surface area contributed by atoms with Gasteiger partial charge in [-0.15, -0.1) is 0 Å². The van der Waals surface area contributed by atoms with Crippen LogP contribution in [0.4, 0.5) is 13.2 Å². The van der Waals surface area contributed by atoms with Crippen molar-refractivity contribution >= 4 is 46.3 Å². The Labute approximate surface area is 272 Å². The van der Waals surface area contributed by atoms with E-state index < -0.39 is 54.5 Å². The first-order valence-corrected chi connectivity index (χ1v) is 14.3. The van der Waals surface area contributed by atoms with Gasteiger partial charge in [0, 0.05) is 12.1 Å². The number of hydrogen-bond donors (Lipinski definition) is 9. The highest BCUT2D eigenvalue weighted by atomic mass is 19.4. The molecule has 258 valence electrons. The topological polar surface area (TPSA) is 273 Å². The summed E-state index contributed by atoms with van der Waals surface area (Å²) in [5.41, 5.74) is 23.7. The number of aliphatic carboxylic acids is 1. The van der Waals surface area contributed by atoms with Crippen LogP contribution in [0.2, 0.25) is 0 Å². The van der Waals surface area contributed by atoms with Crippen molar-refractivity contribution < 1.29 is 42.6 Å². The summed E-state index contributed by atoms with van der Waals surface area (Å²) in [7, 11) is 0. The summed E-state index contributed by atoms with van der Waals surface area (Å²) >= 11 is 0. The Bertz CT molecular complexity index is 1630. The second kappa shape index (κ2) is 17.8. The summed E-state index contributed by atoms with van der Waals surface area (Å²) < 4.78 is 31.7. The molecular formula is C31H37F3N8O6. The third-order valence-corrected chi connectivity index (χ3v) is 6.86. The molecular weight excluding hydrogens is 637 g/mol. The molecule has 0 aliphatic heterocycles. The van der Waals surface area contributed by atoms with Gasteiger partial charge in [-0.1, -0.05) is 66.7 Å². The number of fused-ring (bicyclic) bond motifs is 1. The number of carbonyl (C=O) groups is 4. The normalized spacial score (nSPS) is 12.8. The molecule has 14 nitrogen and oxygen atoms in total. The van der Waals surface area contributed by atoms with E-state index >= 15 is 0 Å². The summed E-state index contributed by atoms with van der Waals surface area (Å²) in [5, 5.41) is 31.8. The van der Waals surface area contributed by atoms with E-state index in [2.05, 4.69) is 15.6 Å². The molecule has 17 heteroatoms. The number of aliphatic imine (C=N–C) groups is 1. The zero-order valence-corrected chi connectivity index (χ0v) is 25.5. The van der Waals surface area contributed by atoms with Crippen molar-refractivity contribution in [2.75, 3.05) is 13.2 Å². The number of guanidine groups is 1. The smallest absolute Gasteiger partial charge is 0.475 e. The summed E-state index contributed by atoms with van der Waals surface area (Å²) in [4.78, 5) is 51.3. The van der Waals surface area contributed by atoms with Crippen LogP contribution in [0.15, 0.2) is 71.7 Å². The summed E-state index contributed by atoms with van der Waals surface area (Å²) in [6.07, 6.45) is -4.27. The highest BCUT2D eigenvalue weighted by molar-refractivity contribution is 5.95. The molecule has 0 aromatic heterocycles. The fourth-order valence-corrected chi connectivity index (χ4v) is 4.37.